The molecule has 0 amide bonds. The van der Waals surface area contributed by atoms with Crippen molar-refractivity contribution in [3.8, 4) is 0 Å². The van der Waals surface area contributed by atoms with Gasteiger partial charge in [0.05, 0.1) is 6.54 Å². The van der Waals surface area contributed by atoms with Gasteiger partial charge in [-0.15, -0.1) is 0 Å². The quantitative estimate of drug-likeness (QED) is 0.543. The van der Waals surface area contributed by atoms with Gasteiger partial charge in [0.15, 0.2) is 0 Å². The van der Waals surface area contributed by atoms with Gasteiger partial charge in [-0.25, -0.2) is 4.98 Å². The lowest BCUT2D eigenvalue weighted by Crippen LogP contribution is -2.37. The lowest BCUT2D eigenvalue weighted by atomic mass is 9.97. The van der Waals surface area contributed by atoms with E-state index in [-0.39, 0.29) is 5.56 Å². The van der Waals surface area contributed by atoms with E-state index in [4.69, 9.17) is 0 Å². The largest absolute Gasteiger partial charge is 0.294 e. The minimum Gasteiger partial charge on any atom is -0.294 e. The van der Waals surface area contributed by atoms with Crippen LogP contribution in [0.25, 0.3) is 11.0 Å². The molecule has 5 rings (SSSR count). The SMILES string of the molecule is O=c1c2c(c3cccnc3n1Cc1ccncc1)CCN(Cc1ccccc1)C2. The first-order valence-corrected chi connectivity index (χ1v) is 9.94. The van der Waals surface area contributed by atoms with Gasteiger partial charge in [-0.05, 0) is 47.4 Å². The minimum atomic E-state index is 0.0702. The number of aromatic nitrogens is 3. The fourth-order valence-electron chi connectivity index (χ4n) is 4.21. The summed E-state index contributed by atoms with van der Waals surface area (Å²) in [5.41, 5.74) is 5.22. The Balaban J connectivity index is 1.57. The molecule has 1 aliphatic heterocycles. The highest BCUT2D eigenvalue weighted by atomic mass is 16.1. The Labute approximate surface area is 169 Å². The van der Waals surface area contributed by atoms with E-state index in [2.05, 4.69) is 45.2 Å². The Morgan fingerprint density at radius 3 is 2.45 bits per heavy atom. The van der Waals surface area contributed by atoms with E-state index < -0.39 is 0 Å². The summed E-state index contributed by atoms with van der Waals surface area (Å²) in [5, 5.41) is 1.09. The van der Waals surface area contributed by atoms with Crippen molar-refractivity contribution in [1.29, 1.82) is 0 Å². The molecule has 0 atom stereocenters. The van der Waals surface area contributed by atoms with Crippen LogP contribution in [0.4, 0.5) is 0 Å². The molecule has 0 saturated carbocycles. The summed E-state index contributed by atoms with van der Waals surface area (Å²) in [6.45, 7) is 2.97. The number of benzene rings is 1. The van der Waals surface area contributed by atoms with Gasteiger partial charge in [0.1, 0.15) is 5.65 Å². The Hall–Kier alpha value is -3.31. The summed E-state index contributed by atoms with van der Waals surface area (Å²) in [6, 6.07) is 18.4. The molecule has 0 saturated heterocycles. The summed E-state index contributed by atoms with van der Waals surface area (Å²) in [7, 11) is 0. The predicted molar refractivity (Wildman–Crippen MR) is 114 cm³/mol. The zero-order chi connectivity index (χ0) is 19.6. The minimum absolute atomic E-state index is 0.0702. The van der Waals surface area contributed by atoms with Gasteiger partial charge in [0.2, 0.25) is 0 Å². The first-order valence-electron chi connectivity index (χ1n) is 9.94. The average Bonchev–Trinajstić information content (AvgIpc) is 2.78. The molecule has 5 nitrogen and oxygen atoms in total. The van der Waals surface area contributed by atoms with Gasteiger partial charge in [0, 0.05) is 49.2 Å². The zero-order valence-corrected chi connectivity index (χ0v) is 16.2. The molecule has 3 aromatic heterocycles. The van der Waals surface area contributed by atoms with E-state index in [1.54, 1.807) is 18.6 Å². The summed E-state index contributed by atoms with van der Waals surface area (Å²) in [5.74, 6) is 0. The van der Waals surface area contributed by atoms with E-state index in [9.17, 15) is 4.79 Å². The average molecular weight is 382 g/mol. The summed E-state index contributed by atoms with van der Waals surface area (Å²) >= 11 is 0. The van der Waals surface area contributed by atoms with Crippen molar-refractivity contribution in [3.05, 3.63) is 106 Å². The van der Waals surface area contributed by atoms with Crippen LogP contribution in [0.15, 0.2) is 78.0 Å². The fraction of sp³-hybridized carbons (Fsp3) is 0.208. The van der Waals surface area contributed by atoms with Crippen molar-refractivity contribution >= 4 is 11.0 Å². The van der Waals surface area contributed by atoms with Crippen LogP contribution in [0, 0.1) is 0 Å². The van der Waals surface area contributed by atoms with Gasteiger partial charge >= 0.3 is 0 Å². The third-order valence-corrected chi connectivity index (χ3v) is 5.63. The lowest BCUT2D eigenvalue weighted by Gasteiger charge is -2.30. The lowest BCUT2D eigenvalue weighted by molar-refractivity contribution is 0.244. The maximum atomic E-state index is 13.5. The molecule has 0 unspecified atom stereocenters. The summed E-state index contributed by atoms with van der Waals surface area (Å²) < 4.78 is 1.81. The number of fused-ring (bicyclic) bond motifs is 3. The molecule has 0 bridgehead atoms. The zero-order valence-electron chi connectivity index (χ0n) is 16.2. The van der Waals surface area contributed by atoms with Crippen molar-refractivity contribution in [2.24, 2.45) is 0 Å². The van der Waals surface area contributed by atoms with E-state index in [1.807, 2.05) is 28.8 Å². The number of rotatable bonds is 4. The van der Waals surface area contributed by atoms with E-state index in [0.717, 1.165) is 47.2 Å². The number of nitrogens with zero attached hydrogens (tertiary/aromatic N) is 4. The third kappa shape index (κ3) is 3.45. The molecule has 0 radical (unpaired) electrons. The van der Waals surface area contributed by atoms with Crippen LogP contribution in [-0.4, -0.2) is 26.0 Å². The molecule has 0 aliphatic carbocycles. The van der Waals surface area contributed by atoms with Gasteiger partial charge in [0.25, 0.3) is 5.56 Å². The van der Waals surface area contributed by atoms with E-state index in [1.165, 1.54) is 5.56 Å². The second-order valence-corrected chi connectivity index (χ2v) is 7.52. The fourth-order valence-corrected chi connectivity index (χ4v) is 4.21. The Bertz CT molecular complexity index is 1200. The van der Waals surface area contributed by atoms with Crippen molar-refractivity contribution in [3.63, 3.8) is 0 Å². The predicted octanol–water partition coefficient (Wildman–Crippen LogP) is 3.40. The van der Waals surface area contributed by atoms with Gasteiger partial charge in [-0.2, -0.15) is 0 Å². The van der Waals surface area contributed by atoms with Gasteiger partial charge in [-0.3, -0.25) is 19.2 Å². The summed E-state index contributed by atoms with van der Waals surface area (Å²) in [4.78, 5) is 24.5. The Morgan fingerprint density at radius 2 is 1.62 bits per heavy atom. The molecular weight excluding hydrogens is 360 g/mol. The second-order valence-electron chi connectivity index (χ2n) is 7.52. The number of hydrogen-bond acceptors (Lipinski definition) is 4. The highest BCUT2D eigenvalue weighted by Crippen LogP contribution is 2.25. The van der Waals surface area contributed by atoms with Crippen molar-refractivity contribution in [2.75, 3.05) is 6.54 Å². The maximum absolute atomic E-state index is 13.5. The molecule has 29 heavy (non-hydrogen) atoms. The summed E-state index contributed by atoms with van der Waals surface area (Å²) in [6.07, 6.45) is 6.16. The van der Waals surface area contributed by atoms with Crippen molar-refractivity contribution in [1.82, 2.24) is 19.4 Å². The van der Waals surface area contributed by atoms with Crippen LogP contribution in [0.2, 0.25) is 0 Å². The molecule has 0 N–H and O–H groups in total. The standard InChI is InChI=1S/C24H22N4O/c29-24-22-17-27(15-18-5-2-1-3-6-18)14-10-20(22)21-7-4-11-26-23(21)28(24)16-19-8-12-25-13-9-19/h1-9,11-13H,10,14-17H2. The van der Waals surface area contributed by atoms with Crippen LogP contribution in [0.5, 0.6) is 0 Å². The molecule has 1 aromatic carbocycles. The van der Waals surface area contributed by atoms with Gasteiger partial charge < -0.3 is 0 Å². The monoisotopic (exact) mass is 382 g/mol. The third-order valence-electron chi connectivity index (χ3n) is 5.63. The van der Waals surface area contributed by atoms with Crippen molar-refractivity contribution in [2.45, 2.75) is 26.1 Å². The number of hydrogen-bond donors (Lipinski definition) is 0. The smallest absolute Gasteiger partial charge is 0.257 e. The van der Waals surface area contributed by atoms with Crippen LogP contribution in [-0.2, 0) is 26.1 Å². The number of pyridine rings is 3. The molecule has 0 fully saturated rings. The molecule has 0 spiro atoms. The van der Waals surface area contributed by atoms with Crippen LogP contribution in [0.3, 0.4) is 0 Å². The first kappa shape index (κ1) is 17.8. The van der Waals surface area contributed by atoms with Crippen LogP contribution >= 0.6 is 0 Å². The Kier molecular flexibility index (Phi) is 4.66. The van der Waals surface area contributed by atoms with E-state index in [0.29, 0.717) is 13.1 Å². The molecule has 5 heteroatoms. The molecule has 4 aromatic rings. The van der Waals surface area contributed by atoms with Crippen LogP contribution in [0.1, 0.15) is 22.3 Å². The molecule has 1 aliphatic rings. The maximum Gasteiger partial charge on any atom is 0.257 e. The first-order chi connectivity index (χ1) is 14.3. The molecular formula is C24H22N4O. The Morgan fingerprint density at radius 1 is 0.828 bits per heavy atom. The van der Waals surface area contributed by atoms with E-state index >= 15 is 0 Å². The highest BCUT2D eigenvalue weighted by molar-refractivity contribution is 5.80. The normalized spacial score (nSPS) is 14.1. The molecule has 4 heterocycles. The topological polar surface area (TPSA) is 51.0 Å². The van der Waals surface area contributed by atoms with Crippen molar-refractivity contribution < 1.29 is 0 Å². The molecule has 144 valence electrons. The highest BCUT2D eigenvalue weighted by Gasteiger charge is 2.24. The second kappa shape index (κ2) is 7.60. The van der Waals surface area contributed by atoms with Gasteiger partial charge in [-0.1, -0.05) is 30.3 Å². The van der Waals surface area contributed by atoms with Crippen LogP contribution < -0.4 is 5.56 Å².